The lowest BCUT2D eigenvalue weighted by Crippen LogP contribution is -2.49. The van der Waals surface area contributed by atoms with Gasteiger partial charge in [0.05, 0.1) is 0 Å². The predicted octanol–water partition coefficient (Wildman–Crippen LogP) is 0.829. The van der Waals surface area contributed by atoms with Crippen molar-refractivity contribution in [3.8, 4) is 0 Å². The van der Waals surface area contributed by atoms with Gasteiger partial charge in [0, 0.05) is 47.5 Å². The molecule has 0 radical (unpaired) electrons. The highest BCUT2D eigenvalue weighted by molar-refractivity contribution is 7.85. The normalized spacial score (nSPS) is 32.8. The number of nitrogens with one attached hydrogen (secondary N) is 1. The molecule has 2 rings (SSSR count). The van der Waals surface area contributed by atoms with Crippen molar-refractivity contribution in [2.24, 2.45) is 5.92 Å². The summed E-state index contributed by atoms with van der Waals surface area (Å²) in [5.74, 6) is 2.59. The molecular formula is C12H24N2OS. The van der Waals surface area contributed by atoms with Crippen molar-refractivity contribution >= 4 is 10.8 Å². The second-order valence-corrected chi connectivity index (χ2v) is 7.51. The van der Waals surface area contributed by atoms with E-state index in [4.69, 9.17) is 0 Å². The molecule has 0 aromatic heterocycles. The summed E-state index contributed by atoms with van der Waals surface area (Å²) in [5.41, 5.74) is 0.307. The highest BCUT2D eigenvalue weighted by atomic mass is 32.2. The van der Waals surface area contributed by atoms with Gasteiger partial charge >= 0.3 is 0 Å². The largest absolute Gasteiger partial charge is 0.312 e. The van der Waals surface area contributed by atoms with Crippen LogP contribution in [0.3, 0.4) is 0 Å². The minimum atomic E-state index is -0.537. The van der Waals surface area contributed by atoms with E-state index in [1.54, 1.807) is 0 Å². The van der Waals surface area contributed by atoms with E-state index >= 15 is 0 Å². The second-order valence-electron chi connectivity index (χ2n) is 5.82. The van der Waals surface area contributed by atoms with Crippen LogP contribution in [0.2, 0.25) is 0 Å². The zero-order chi connectivity index (χ0) is 11.6. The van der Waals surface area contributed by atoms with Crippen LogP contribution >= 0.6 is 0 Å². The first-order valence-electron chi connectivity index (χ1n) is 6.37. The average Bonchev–Trinajstić information content (AvgIpc) is 2.20. The zero-order valence-corrected chi connectivity index (χ0v) is 11.3. The topological polar surface area (TPSA) is 32.3 Å². The highest BCUT2D eigenvalue weighted by Gasteiger charge is 2.29. The molecule has 2 saturated heterocycles. The van der Waals surface area contributed by atoms with Crippen molar-refractivity contribution in [2.75, 3.05) is 37.7 Å². The summed E-state index contributed by atoms with van der Waals surface area (Å²) < 4.78 is 11.3. The lowest BCUT2D eigenvalue weighted by Gasteiger charge is -2.39. The van der Waals surface area contributed by atoms with Gasteiger partial charge in [-0.05, 0) is 39.2 Å². The molecule has 1 unspecified atom stereocenters. The molecular weight excluding hydrogens is 220 g/mol. The summed E-state index contributed by atoms with van der Waals surface area (Å²) in [6.45, 7) is 9.03. The number of hydrogen-bond acceptors (Lipinski definition) is 3. The Morgan fingerprint density at radius 2 is 2.06 bits per heavy atom. The van der Waals surface area contributed by atoms with Gasteiger partial charge in [-0.3, -0.25) is 4.21 Å². The van der Waals surface area contributed by atoms with Crippen molar-refractivity contribution < 1.29 is 4.21 Å². The van der Waals surface area contributed by atoms with Crippen LogP contribution in [0.4, 0.5) is 0 Å². The lowest BCUT2D eigenvalue weighted by molar-refractivity contribution is 0.168. The molecule has 0 aliphatic carbocycles. The molecule has 4 heteroatoms. The average molecular weight is 244 g/mol. The molecule has 0 spiro atoms. The Bertz CT molecular complexity index is 258. The summed E-state index contributed by atoms with van der Waals surface area (Å²) in [6, 6.07) is 0. The fourth-order valence-electron chi connectivity index (χ4n) is 2.89. The third-order valence-corrected chi connectivity index (χ3v) is 5.02. The summed E-state index contributed by atoms with van der Waals surface area (Å²) in [4.78, 5) is 2.51. The van der Waals surface area contributed by atoms with Gasteiger partial charge in [0.25, 0.3) is 0 Å². The van der Waals surface area contributed by atoms with Crippen molar-refractivity contribution in [3.05, 3.63) is 0 Å². The number of nitrogens with zero attached hydrogens (tertiary/aromatic N) is 1. The minimum absolute atomic E-state index is 0.307. The standard InChI is InChI=1S/C12H24N2OS/c1-12(2)9-11(3-4-13-12)10-14-5-7-16(15)8-6-14/h11,13H,3-10H2,1-2H3. The quantitative estimate of drug-likeness (QED) is 0.781. The molecule has 1 atom stereocenters. The van der Waals surface area contributed by atoms with E-state index in [1.807, 2.05) is 0 Å². The minimum Gasteiger partial charge on any atom is -0.312 e. The van der Waals surface area contributed by atoms with Gasteiger partial charge in [-0.15, -0.1) is 0 Å². The Morgan fingerprint density at radius 1 is 1.38 bits per heavy atom. The smallest absolute Gasteiger partial charge is 0.0363 e. The Labute approximate surface area is 101 Å². The van der Waals surface area contributed by atoms with Gasteiger partial charge in [-0.2, -0.15) is 0 Å². The first kappa shape index (κ1) is 12.5. The molecule has 2 aliphatic rings. The predicted molar refractivity (Wildman–Crippen MR) is 69.1 cm³/mol. The van der Waals surface area contributed by atoms with E-state index in [1.165, 1.54) is 19.4 Å². The Hall–Kier alpha value is 0.0700. The monoisotopic (exact) mass is 244 g/mol. The number of piperidine rings is 1. The summed E-state index contributed by atoms with van der Waals surface area (Å²) in [6.07, 6.45) is 2.57. The van der Waals surface area contributed by atoms with E-state index in [9.17, 15) is 4.21 Å². The van der Waals surface area contributed by atoms with Crippen molar-refractivity contribution in [2.45, 2.75) is 32.2 Å². The fraction of sp³-hybridized carbons (Fsp3) is 1.00. The SMILES string of the molecule is CC1(C)CC(CN2CCS(=O)CC2)CCN1. The van der Waals surface area contributed by atoms with E-state index in [0.717, 1.165) is 37.1 Å². The first-order chi connectivity index (χ1) is 7.55. The molecule has 2 aliphatic heterocycles. The highest BCUT2D eigenvalue weighted by Crippen LogP contribution is 2.24. The molecule has 0 aromatic rings. The number of rotatable bonds is 2. The van der Waals surface area contributed by atoms with Crippen LogP contribution in [0.25, 0.3) is 0 Å². The van der Waals surface area contributed by atoms with Crippen LogP contribution in [-0.4, -0.2) is 52.3 Å². The summed E-state index contributed by atoms with van der Waals surface area (Å²) in [7, 11) is -0.537. The van der Waals surface area contributed by atoms with Gasteiger partial charge in [-0.25, -0.2) is 0 Å². The van der Waals surface area contributed by atoms with Crippen molar-refractivity contribution in [1.82, 2.24) is 10.2 Å². The van der Waals surface area contributed by atoms with E-state index < -0.39 is 10.8 Å². The van der Waals surface area contributed by atoms with E-state index in [2.05, 4.69) is 24.1 Å². The molecule has 2 fully saturated rings. The summed E-state index contributed by atoms with van der Waals surface area (Å²) >= 11 is 0. The maximum atomic E-state index is 11.3. The van der Waals surface area contributed by atoms with Crippen LogP contribution in [0, 0.1) is 5.92 Å². The number of hydrogen-bond donors (Lipinski definition) is 1. The van der Waals surface area contributed by atoms with Crippen molar-refractivity contribution in [3.63, 3.8) is 0 Å². The zero-order valence-electron chi connectivity index (χ0n) is 10.5. The Kier molecular flexibility index (Phi) is 4.03. The molecule has 0 amide bonds. The second kappa shape index (κ2) is 5.15. The van der Waals surface area contributed by atoms with Gasteiger partial charge in [0.1, 0.15) is 0 Å². The fourth-order valence-corrected chi connectivity index (χ4v) is 4.02. The molecule has 1 N–H and O–H groups in total. The van der Waals surface area contributed by atoms with E-state index in [0.29, 0.717) is 5.54 Å². The third-order valence-electron chi connectivity index (χ3n) is 3.74. The molecule has 2 heterocycles. The van der Waals surface area contributed by atoms with Gasteiger partial charge < -0.3 is 10.2 Å². The lowest BCUT2D eigenvalue weighted by atomic mass is 9.84. The first-order valence-corrected chi connectivity index (χ1v) is 7.86. The molecule has 94 valence electrons. The van der Waals surface area contributed by atoms with Crippen LogP contribution in [0.5, 0.6) is 0 Å². The van der Waals surface area contributed by atoms with Gasteiger partial charge in [0.2, 0.25) is 0 Å². The van der Waals surface area contributed by atoms with Crippen LogP contribution < -0.4 is 5.32 Å². The molecule has 0 aromatic carbocycles. The molecule has 0 saturated carbocycles. The third kappa shape index (κ3) is 3.54. The molecule has 3 nitrogen and oxygen atoms in total. The van der Waals surface area contributed by atoms with Gasteiger partial charge in [0.15, 0.2) is 0 Å². The Morgan fingerprint density at radius 3 is 2.69 bits per heavy atom. The Balaban J connectivity index is 1.78. The van der Waals surface area contributed by atoms with E-state index in [-0.39, 0.29) is 0 Å². The summed E-state index contributed by atoms with van der Waals surface area (Å²) in [5, 5.41) is 3.57. The maximum Gasteiger partial charge on any atom is 0.0363 e. The molecule has 16 heavy (non-hydrogen) atoms. The van der Waals surface area contributed by atoms with Crippen molar-refractivity contribution in [1.29, 1.82) is 0 Å². The maximum absolute atomic E-state index is 11.3. The van der Waals surface area contributed by atoms with Crippen LogP contribution in [0.1, 0.15) is 26.7 Å². The van der Waals surface area contributed by atoms with Crippen LogP contribution in [-0.2, 0) is 10.8 Å². The molecule has 0 bridgehead atoms. The van der Waals surface area contributed by atoms with Crippen LogP contribution in [0.15, 0.2) is 0 Å². The van der Waals surface area contributed by atoms with Gasteiger partial charge in [-0.1, -0.05) is 0 Å².